The van der Waals surface area contributed by atoms with Crippen LogP contribution in [-0.4, -0.2) is 10.0 Å². The van der Waals surface area contributed by atoms with Crippen LogP contribution >= 0.6 is 0 Å². The molecule has 0 aromatic heterocycles. The molecule has 0 fully saturated rings. The summed E-state index contributed by atoms with van der Waals surface area (Å²) in [6.45, 7) is 5.91. The van der Waals surface area contributed by atoms with Crippen LogP contribution < -0.4 is 0 Å². The zero-order chi connectivity index (χ0) is 13.5. The average molecular weight is 245 g/mol. The molecular weight excluding hydrogens is 230 g/mol. The molecule has 2 rings (SSSR count). The van der Waals surface area contributed by atoms with E-state index < -0.39 is 0 Å². The van der Waals surface area contributed by atoms with Gasteiger partial charge in [0.25, 0.3) is 5.69 Å². The molecule has 0 aliphatic carbocycles. The van der Waals surface area contributed by atoms with E-state index in [9.17, 15) is 15.2 Å². The molecule has 0 spiro atoms. The number of nitro groups is 1. The van der Waals surface area contributed by atoms with Crippen molar-refractivity contribution in [1.29, 1.82) is 0 Å². The van der Waals surface area contributed by atoms with Gasteiger partial charge in [-0.05, 0) is 28.5 Å². The summed E-state index contributed by atoms with van der Waals surface area (Å²) in [7, 11) is 0. The maximum Gasteiger partial charge on any atom is 0.277 e. The summed E-state index contributed by atoms with van der Waals surface area (Å²) >= 11 is 0. The third kappa shape index (κ3) is 2.01. The minimum Gasteiger partial charge on any atom is -0.508 e. The van der Waals surface area contributed by atoms with Gasteiger partial charge in [0.05, 0.1) is 10.3 Å². The number of fused-ring (bicyclic) bond motifs is 1. The first kappa shape index (κ1) is 12.4. The summed E-state index contributed by atoms with van der Waals surface area (Å²) in [5.41, 5.74) is 0.588. The normalized spacial score (nSPS) is 11.7. The van der Waals surface area contributed by atoms with E-state index in [1.807, 2.05) is 20.8 Å². The molecule has 0 aliphatic rings. The second-order valence-electron chi connectivity index (χ2n) is 5.38. The lowest BCUT2D eigenvalue weighted by Crippen LogP contribution is -2.12. The van der Waals surface area contributed by atoms with Gasteiger partial charge in [0, 0.05) is 6.07 Å². The molecule has 2 aromatic carbocycles. The Hall–Kier alpha value is -2.10. The fraction of sp³-hybridized carbons (Fsp3) is 0.286. The predicted octanol–water partition coefficient (Wildman–Crippen LogP) is 3.75. The van der Waals surface area contributed by atoms with Crippen LogP contribution in [-0.2, 0) is 5.41 Å². The van der Waals surface area contributed by atoms with E-state index in [4.69, 9.17) is 0 Å². The first-order chi connectivity index (χ1) is 8.30. The SMILES string of the molecule is CC(C)(C)c1cc(O)cc2cccc([N+](=O)[O-])c12. The molecule has 0 atom stereocenters. The van der Waals surface area contributed by atoms with Gasteiger partial charge in [-0.3, -0.25) is 10.1 Å². The summed E-state index contributed by atoms with van der Waals surface area (Å²) in [6.07, 6.45) is 0. The van der Waals surface area contributed by atoms with Crippen molar-refractivity contribution in [3.05, 3.63) is 46.0 Å². The molecule has 0 saturated heterocycles. The van der Waals surface area contributed by atoms with Gasteiger partial charge in [-0.1, -0.05) is 32.9 Å². The monoisotopic (exact) mass is 245 g/mol. The number of nitrogens with zero attached hydrogens (tertiary/aromatic N) is 1. The molecule has 4 heteroatoms. The van der Waals surface area contributed by atoms with E-state index in [1.165, 1.54) is 6.07 Å². The van der Waals surface area contributed by atoms with Gasteiger partial charge in [0.2, 0.25) is 0 Å². The molecule has 18 heavy (non-hydrogen) atoms. The van der Waals surface area contributed by atoms with Crippen LogP contribution in [0.4, 0.5) is 5.69 Å². The van der Waals surface area contributed by atoms with Gasteiger partial charge >= 0.3 is 0 Å². The lowest BCUT2D eigenvalue weighted by Gasteiger charge is -2.21. The molecule has 4 nitrogen and oxygen atoms in total. The number of aromatic hydroxyl groups is 1. The maximum absolute atomic E-state index is 11.1. The van der Waals surface area contributed by atoms with Gasteiger partial charge in [-0.2, -0.15) is 0 Å². The first-order valence-electron chi connectivity index (χ1n) is 5.71. The maximum atomic E-state index is 11.1. The molecule has 0 amide bonds. The summed E-state index contributed by atoms with van der Waals surface area (Å²) in [6, 6.07) is 8.06. The minimum absolute atomic E-state index is 0.0809. The quantitative estimate of drug-likeness (QED) is 0.614. The Labute approximate surface area is 105 Å². The fourth-order valence-corrected chi connectivity index (χ4v) is 2.14. The van der Waals surface area contributed by atoms with Crippen molar-refractivity contribution in [1.82, 2.24) is 0 Å². The molecular formula is C14H15NO3. The van der Waals surface area contributed by atoms with Gasteiger partial charge in [0.15, 0.2) is 0 Å². The highest BCUT2D eigenvalue weighted by Crippen LogP contribution is 2.38. The van der Waals surface area contributed by atoms with E-state index in [-0.39, 0.29) is 21.8 Å². The highest BCUT2D eigenvalue weighted by Gasteiger charge is 2.23. The molecule has 2 aromatic rings. The van der Waals surface area contributed by atoms with E-state index in [0.717, 1.165) is 5.56 Å². The summed E-state index contributed by atoms with van der Waals surface area (Å²) in [5, 5.41) is 22.1. The van der Waals surface area contributed by atoms with Crippen molar-refractivity contribution < 1.29 is 10.0 Å². The third-order valence-corrected chi connectivity index (χ3v) is 2.94. The largest absolute Gasteiger partial charge is 0.508 e. The smallest absolute Gasteiger partial charge is 0.277 e. The highest BCUT2D eigenvalue weighted by atomic mass is 16.6. The van der Waals surface area contributed by atoms with Gasteiger partial charge in [0.1, 0.15) is 5.75 Å². The summed E-state index contributed by atoms with van der Waals surface area (Å²) in [4.78, 5) is 10.7. The Balaban J connectivity index is 2.95. The molecule has 0 aliphatic heterocycles. The number of phenols is 1. The lowest BCUT2D eigenvalue weighted by atomic mass is 9.83. The van der Waals surface area contributed by atoms with Crippen LogP contribution in [0.2, 0.25) is 0 Å². The van der Waals surface area contributed by atoms with Crippen LogP contribution in [0.3, 0.4) is 0 Å². The molecule has 0 radical (unpaired) electrons. The Morgan fingerprint density at radius 1 is 1.22 bits per heavy atom. The molecule has 0 bridgehead atoms. The summed E-state index contributed by atoms with van der Waals surface area (Å²) < 4.78 is 0. The predicted molar refractivity (Wildman–Crippen MR) is 71.0 cm³/mol. The van der Waals surface area contributed by atoms with Crippen LogP contribution in [0.15, 0.2) is 30.3 Å². The van der Waals surface area contributed by atoms with Crippen LogP contribution in [0.25, 0.3) is 10.8 Å². The zero-order valence-electron chi connectivity index (χ0n) is 10.6. The number of hydrogen-bond acceptors (Lipinski definition) is 3. The van der Waals surface area contributed by atoms with Crippen molar-refractivity contribution in [2.45, 2.75) is 26.2 Å². The number of phenolic OH excluding ortho intramolecular Hbond substituents is 1. The van der Waals surface area contributed by atoms with E-state index >= 15 is 0 Å². The number of non-ortho nitro benzene ring substituents is 1. The van der Waals surface area contributed by atoms with E-state index in [1.54, 1.807) is 24.3 Å². The van der Waals surface area contributed by atoms with Crippen LogP contribution in [0.1, 0.15) is 26.3 Å². The minimum atomic E-state index is -0.380. The zero-order valence-corrected chi connectivity index (χ0v) is 10.6. The fourth-order valence-electron chi connectivity index (χ4n) is 2.14. The highest BCUT2D eigenvalue weighted by molar-refractivity contribution is 5.95. The number of benzene rings is 2. The van der Waals surface area contributed by atoms with Gasteiger partial charge in [-0.15, -0.1) is 0 Å². The standard InChI is InChI=1S/C14H15NO3/c1-14(2,3)11-8-10(16)7-9-5-4-6-12(13(9)11)15(17)18/h4-8,16H,1-3H3. The van der Waals surface area contributed by atoms with Crippen LogP contribution in [0.5, 0.6) is 5.75 Å². The van der Waals surface area contributed by atoms with E-state index in [0.29, 0.717) is 10.8 Å². The Bertz CT molecular complexity index is 627. The Morgan fingerprint density at radius 2 is 1.89 bits per heavy atom. The van der Waals surface area contributed by atoms with Crippen molar-refractivity contribution in [3.8, 4) is 5.75 Å². The number of hydrogen-bond donors (Lipinski definition) is 1. The first-order valence-corrected chi connectivity index (χ1v) is 5.71. The van der Waals surface area contributed by atoms with Gasteiger partial charge < -0.3 is 5.11 Å². The van der Waals surface area contributed by atoms with Crippen molar-refractivity contribution >= 4 is 16.5 Å². The number of rotatable bonds is 1. The second-order valence-corrected chi connectivity index (χ2v) is 5.38. The number of nitro benzene ring substituents is 1. The van der Waals surface area contributed by atoms with Gasteiger partial charge in [-0.25, -0.2) is 0 Å². The lowest BCUT2D eigenvalue weighted by molar-refractivity contribution is -0.383. The second kappa shape index (κ2) is 3.98. The Morgan fingerprint density at radius 3 is 2.44 bits per heavy atom. The molecule has 0 saturated carbocycles. The van der Waals surface area contributed by atoms with Crippen molar-refractivity contribution in [2.24, 2.45) is 0 Å². The van der Waals surface area contributed by atoms with Crippen LogP contribution in [0, 0.1) is 10.1 Å². The molecule has 94 valence electrons. The molecule has 0 unspecified atom stereocenters. The van der Waals surface area contributed by atoms with Crippen molar-refractivity contribution in [3.63, 3.8) is 0 Å². The van der Waals surface area contributed by atoms with Crippen molar-refractivity contribution in [2.75, 3.05) is 0 Å². The van der Waals surface area contributed by atoms with E-state index in [2.05, 4.69) is 0 Å². The third-order valence-electron chi connectivity index (χ3n) is 2.94. The molecule has 0 heterocycles. The topological polar surface area (TPSA) is 63.4 Å². The summed E-state index contributed by atoms with van der Waals surface area (Å²) in [5.74, 6) is 0.132. The Kier molecular flexibility index (Phi) is 2.73. The average Bonchev–Trinajstić information content (AvgIpc) is 2.25. The molecule has 1 N–H and O–H groups in total.